The Morgan fingerprint density at radius 1 is 1.05 bits per heavy atom. The van der Waals surface area contributed by atoms with Crippen molar-refractivity contribution in [3.05, 3.63) is 40.9 Å². The first-order chi connectivity index (χ1) is 9.54. The van der Waals surface area contributed by atoms with Gasteiger partial charge in [0, 0.05) is 23.0 Å². The fourth-order valence-corrected chi connectivity index (χ4v) is 2.30. The molecule has 0 saturated heterocycles. The van der Waals surface area contributed by atoms with Gasteiger partial charge >= 0.3 is 5.97 Å². The number of carboxylic acids is 1. The highest BCUT2D eigenvalue weighted by atomic mass is 79.9. The number of benzene rings is 2. The van der Waals surface area contributed by atoms with E-state index in [4.69, 9.17) is 5.11 Å². The lowest BCUT2D eigenvalue weighted by Crippen LogP contribution is -2.11. The highest BCUT2D eigenvalue weighted by molar-refractivity contribution is 9.10. The zero-order valence-electron chi connectivity index (χ0n) is 10.7. The van der Waals surface area contributed by atoms with Crippen LogP contribution < -0.4 is 5.32 Å². The molecular formula is C15H14BrNO3. The lowest BCUT2D eigenvalue weighted by molar-refractivity contribution is -0.137. The Bertz CT molecular complexity index is 655. The molecule has 20 heavy (non-hydrogen) atoms. The number of carboxylic acid groups (broad SMARTS) is 1. The minimum Gasteiger partial charge on any atom is -0.481 e. The molecule has 0 aliphatic heterocycles. The van der Waals surface area contributed by atoms with Crippen molar-refractivity contribution >= 4 is 44.3 Å². The van der Waals surface area contributed by atoms with E-state index in [-0.39, 0.29) is 18.7 Å². The summed E-state index contributed by atoms with van der Waals surface area (Å²) in [5.41, 5.74) is 0.722. The molecule has 1 amide bonds. The van der Waals surface area contributed by atoms with Gasteiger partial charge in [-0.05, 0) is 41.5 Å². The highest BCUT2D eigenvalue weighted by Gasteiger charge is 2.05. The van der Waals surface area contributed by atoms with Crippen molar-refractivity contribution < 1.29 is 14.7 Å². The molecule has 0 bridgehead atoms. The fraction of sp³-hybridized carbons (Fsp3) is 0.200. The van der Waals surface area contributed by atoms with Crippen molar-refractivity contribution in [3.8, 4) is 0 Å². The zero-order valence-corrected chi connectivity index (χ0v) is 12.3. The van der Waals surface area contributed by atoms with E-state index in [1.165, 1.54) is 0 Å². The summed E-state index contributed by atoms with van der Waals surface area (Å²) in [5.74, 6) is -1.04. The molecule has 2 aromatic carbocycles. The maximum atomic E-state index is 11.7. The van der Waals surface area contributed by atoms with E-state index < -0.39 is 5.97 Å². The van der Waals surface area contributed by atoms with Gasteiger partial charge < -0.3 is 10.4 Å². The molecule has 0 heterocycles. The van der Waals surface area contributed by atoms with Crippen molar-refractivity contribution in [1.29, 1.82) is 0 Å². The summed E-state index contributed by atoms with van der Waals surface area (Å²) >= 11 is 3.41. The Labute approximate surface area is 124 Å². The van der Waals surface area contributed by atoms with E-state index in [1.54, 1.807) is 0 Å². The molecule has 0 aromatic heterocycles. The third-order valence-electron chi connectivity index (χ3n) is 2.88. The number of carbonyl (C=O) groups is 2. The number of aliphatic carboxylic acids is 1. The molecular weight excluding hydrogens is 322 g/mol. The van der Waals surface area contributed by atoms with E-state index >= 15 is 0 Å². The van der Waals surface area contributed by atoms with Crippen molar-refractivity contribution in [2.75, 3.05) is 5.32 Å². The van der Waals surface area contributed by atoms with Crippen molar-refractivity contribution in [1.82, 2.24) is 0 Å². The van der Waals surface area contributed by atoms with Crippen LogP contribution in [0.3, 0.4) is 0 Å². The number of nitrogens with one attached hydrogen (secondary N) is 1. The van der Waals surface area contributed by atoms with Crippen LogP contribution in [0.5, 0.6) is 0 Å². The minimum absolute atomic E-state index is 0.0131. The van der Waals surface area contributed by atoms with Gasteiger partial charge in [0.15, 0.2) is 0 Å². The Hall–Kier alpha value is -1.88. The monoisotopic (exact) mass is 335 g/mol. The second kappa shape index (κ2) is 6.52. The standard InChI is InChI=1S/C15H14BrNO3/c16-12-6-4-11-9-13(7-5-10(11)8-12)17-14(18)2-1-3-15(19)20/h4-9H,1-3H2,(H,17,18)(H,19,20). The Morgan fingerprint density at radius 2 is 1.75 bits per heavy atom. The van der Waals surface area contributed by atoms with Gasteiger partial charge in [0.1, 0.15) is 0 Å². The average molecular weight is 336 g/mol. The molecule has 2 aromatic rings. The van der Waals surface area contributed by atoms with Gasteiger partial charge in [0.2, 0.25) is 5.91 Å². The van der Waals surface area contributed by atoms with E-state index in [2.05, 4.69) is 21.2 Å². The van der Waals surface area contributed by atoms with Gasteiger partial charge in [-0.15, -0.1) is 0 Å². The molecule has 0 atom stereocenters. The number of amides is 1. The van der Waals surface area contributed by atoms with Crippen LogP contribution in [0.15, 0.2) is 40.9 Å². The Morgan fingerprint density at radius 3 is 2.50 bits per heavy atom. The van der Waals surface area contributed by atoms with Crippen LogP contribution in [0.1, 0.15) is 19.3 Å². The van der Waals surface area contributed by atoms with Crippen molar-refractivity contribution in [2.24, 2.45) is 0 Å². The summed E-state index contributed by atoms with van der Waals surface area (Å²) in [7, 11) is 0. The van der Waals surface area contributed by atoms with Gasteiger partial charge in [0.05, 0.1) is 0 Å². The third kappa shape index (κ3) is 4.06. The third-order valence-corrected chi connectivity index (χ3v) is 3.37. The predicted octanol–water partition coefficient (Wildman–Crippen LogP) is 3.80. The van der Waals surface area contributed by atoms with E-state index in [1.807, 2.05) is 36.4 Å². The first-order valence-corrected chi connectivity index (χ1v) is 7.05. The molecule has 0 spiro atoms. The Balaban J connectivity index is 2.01. The summed E-state index contributed by atoms with van der Waals surface area (Å²) in [6.45, 7) is 0. The largest absolute Gasteiger partial charge is 0.481 e. The first-order valence-electron chi connectivity index (χ1n) is 6.25. The number of anilines is 1. The van der Waals surface area contributed by atoms with Gasteiger partial charge in [0.25, 0.3) is 0 Å². The van der Waals surface area contributed by atoms with Crippen LogP contribution in [0.4, 0.5) is 5.69 Å². The maximum absolute atomic E-state index is 11.7. The van der Waals surface area contributed by atoms with Crippen LogP contribution in [-0.4, -0.2) is 17.0 Å². The second-order valence-corrected chi connectivity index (χ2v) is 5.42. The molecule has 2 rings (SSSR count). The smallest absolute Gasteiger partial charge is 0.303 e. The molecule has 4 nitrogen and oxygen atoms in total. The highest BCUT2D eigenvalue weighted by Crippen LogP contribution is 2.23. The predicted molar refractivity (Wildman–Crippen MR) is 81.8 cm³/mol. The summed E-state index contributed by atoms with van der Waals surface area (Å²) in [6.07, 6.45) is 0.575. The zero-order chi connectivity index (χ0) is 14.5. The van der Waals surface area contributed by atoms with E-state index in [0.717, 1.165) is 20.9 Å². The van der Waals surface area contributed by atoms with Gasteiger partial charge in [-0.3, -0.25) is 9.59 Å². The van der Waals surface area contributed by atoms with Crippen LogP contribution in [-0.2, 0) is 9.59 Å². The SMILES string of the molecule is O=C(O)CCCC(=O)Nc1ccc2cc(Br)ccc2c1. The minimum atomic E-state index is -0.880. The van der Waals surface area contributed by atoms with Gasteiger partial charge in [-0.2, -0.15) is 0 Å². The molecule has 2 N–H and O–H groups in total. The summed E-state index contributed by atoms with van der Waals surface area (Å²) < 4.78 is 1.01. The molecule has 0 aliphatic rings. The number of hydrogen-bond acceptors (Lipinski definition) is 2. The maximum Gasteiger partial charge on any atom is 0.303 e. The quantitative estimate of drug-likeness (QED) is 0.873. The molecule has 0 saturated carbocycles. The van der Waals surface area contributed by atoms with Gasteiger partial charge in [-0.1, -0.05) is 28.1 Å². The average Bonchev–Trinajstić information content (AvgIpc) is 2.38. The van der Waals surface area contributed by atoms with Gasteiger partial charge in [-0.25, -0.2) is 0 Å². The van der Waals surface area contributed by atoms with Crippen LogP contribution >= 0.6 is 15.9 Å². The molecule has 0 radical (unpaired) electrons. The fourth-order valence-electron chi connectivity index (χ4n) is 1.92. The van der Waals surface area contributed by atoms with Crippen LogP contribution in [0.25, 0.3) is 10.8 Å². The van der Waals surface area contributed by atoms with Crippen molar-refractivity contribution in [3.63, 3.8) is 0 Å². The molecule has 0 unspecified atom stereocenters. The number of rotatable bonds is 5. The Kier molecular flexibility index (Phi) is 4.74. The summed E-state index contributed by atoms with van der Waals surface area (Å²) in [4.78, 5) is 22.1. The number of carbonyl (C=O) groups excluding carboxylic acids is 1. The second-order valence-electron chi connectivity index (χ2n) is 4.50. The number of halogens is 1. The molecule has 5 heteroatoms. The van der Waals surface area contributed by atoms with E-state index in [9.17, 15) is 9.59 Å². The molecule has 0 fully saturated rings. The topological polar surface area (TPSA) is 66.4 Å². The summed E-state index contributed by atoms with van der Waals surface area (Å²) in [6, 6.07) is 11.6. The number of hydrogen-bond donors (Lipinski definition) is 2. The lowest BCUT2D eigenvalue weighted by atomic mass is 10.1. The van der Waals surface area contributed by atoms with Crippen molar-refractivity contribution in [2.45, 2.75) is 19.3 Å². The van der Waals surface area contributed by atoms with E-state index in [0.29, 0.717) is 6.42 Å². The van der Waals surface area contributed by atoms with Crippen LogP contribution in [0, 0.1) is 0 Å². The lowest BCUT2D eigenvalue weighted by Gasteiger charge is -2.06. The number of fused-ring (bicyclic) bond motifs is 1. The normalized spacial score (nSPS) is 10.4. The first kappa shape index (κ1) is 14.5. The molecule has 104 valence electrons. The summed E-state index contributed by atoms with van der Waals surface area (Å²) in [5, 5.41) is 13.4. The van der Waals surface area contributed by atoms with Crippen LogP contribution in [0.2, 0.25) is 0 Å². The molecule has 0 aliphatic carbocycles.